The molecule has 0 amide bonds. The van der Waals surface area contributed by atoms with Gasteiger partial charge in [-0.2, -0.15) is 17.4 Å². The fourth-order valence-corrected chi connectivity index (χ4v) is 3.36. The standard InChI is InChI=1S/C9H13N5O4S/c15-9(16)8-5-14(12-10-8)7-3-13(4-7)19(17,18)11-6-1-2-6/h5-7,11H,1-4H2,(H,15,16). The largest absolute Gasteiger partial charge is 0.476 e. The van der Waals surface area contributed by atoms with Crippen LogP contribution in [0.25, 0.3) is 0 Å². The van der Waals surface area contributed by atoms with Crippen molar-refractivity contribution in [3.8, 4) is 0 Å². The minimum atomic E-state index is -3.41. The molecule has 104 valence electrons. The van der Waals surface area contributed by atoms with Crippen molar-refractivity contribution in [3.63, 3.8) is 0 Å². The van der Waals surface area contributed by atoms with Gasteiger partial charge in [-0.3, -0.25) is 0 Å². The first-order chi connectivity index (χ1) is 8.95. The molecule has 19 heavy (non-hydrogen) atoms. The summed E-state index contributed by atoms with van der Waals surface area (Å²) in [6.45, 7) is 0.564. The number of nitrogens with zero attached hydrogens (tertiary/aromatic N) is 4. The summed E-state index contributed by atoms with van der Waals surface area (Å²) in [6, 6.07) is -0.0783. The van der Waals surface area contributed by atoms with E-state index >= 15 is 0 Å². The molecule has 2 N–H and O–H groups in total. The van der Waals surface area contributed by atoms with Crippen molar-refractivity contribution in [1.29, 1.82) is 0 Å². The molecule has 0 radical (unpaired) electrons. The zero-order valence-electron chi connectivity index (χ0n) is 9.93. The molecule has 1 aliphatic carbocycles. The maximum absolute atomic E-state index is 11.8. The first-order valence-corrected chi connectivity index (χ1v) is 7.32. The van der Waals surface area contributed by atoms with E-state index in [9.17, 15) is 13.2 Å². The Morgan fingerprint density at radius 1 is 1.42 bits per heavy atom. The van der Waals surface area contributed by atoms with Crippen molar-refractivity contribution in [2.45, 2.75) is 24.9 Å². The lowest BCUT2D eigenvalue weighted by molar-refractivity contribution is 0.0690. The highest BCUT2D eigenvalue weighted by molar-refractivity contribution is 7.87. The van der Waals surface area contributed by atoms with Gasteiger partial charge in [-0.05, 0) is 12.8 Å². The smallest absolute Gasteiger partial charge is 0.358 e. The predicted molar refractivity (Wildman–Crippen MR) is 62.7 cm³/mol. The van der Waals surface area contributed by atoms with Crippen molar-refractivity contribution in [3.05, 3.63) is 11.9 Å². The quantitative estimate of drug-likeness (QED) is 0.704. The van der Waals surface area contributed by atoms with E-state index in [4.69, 9.17) is 5.11 Å². The van der Waals surface area contributed by atoms with E-state index in [1.165, 1.54) is 15.2 Å². The number of aromatic carboxylic acids is 1. The number of hydrogen-bond donors (Lipinski definition) is 2. The fourth-order valence-electron chi connectivity index (χ4n) is 1.82. The van der Waals surface area contributed by atoms with Crippen molar-refractivity contribution in [1.82, 2.24) is 24.0 Å². The van der Waals surface area contributed by atoms with Crippen LogP contribution in [0, 0.1) is 0 Å². The van der Waals surface area contributed by atoms with Gasteiger partial charge in [0.15, 0.2) is 5.69 Å². The molecule has 0 aromatic carbocycles. The van der Waals surface area contributed by atoms with E-state index in [0.717, 1.165) is 12.8 Å². The topological polar surface area (TPSA) is 117 Å². The van der Waals surface area contributed by atoms with Crippen LogP contribution in [0.2, 0.25) is 0 Å². The molecule has 1 aromatic rings. The van der Waals surface area contributed by atoms with Crippen molar-refractivity contribution in [2.24, 2.45) is 0 Å². The molecule has 0 atom stereocenters. The number of aromatic nitrogens is 3. The SMILES string of the molecule is O=C(O)c1cn(C2CN(S(=O)(=O)NC3CC3)C2)nn1. The van der Waals surface area contributed by atoms with Gasteiger partial charge in [-0.25, -0.2) is 9.48 Å². The molecule has 9 nitrogen and oxygen atoms in total. The van der Waals surface area contributed by atoms with Gasteiger partial charge >= 0.3 is 5.97 Å². The van der Waals surface area contributed by atoms with Gasteiger partial charge in [0.05, 0.1) is 12.2 Å². The van der Waals surface area contributed by atoms with E-state index in [-0.39, 0.29) is 30.9 Å². The zero-order chi connectivity index (χ0) is 13.6. The normalized spacial score (nSPS) is 21.3. The Labute approximate surface area is 109 Å². The zero-order valence-corrected chi connectivity index (χ0v) is 10.7. The molecule has 0 bridgehead atoms. The van der Waals surface area contributed by atoms with Gasteiger partial charge in [0.1, 0.15) is 0 Å². The molecule has 10 heteroatoms. The summed E-state index contributed by atoms with van der Waals surface area (Å²) < 4.78 is 29.0. The van der Waals surface area contributed by atoms with Crippen LogP contribution in [-0.4, -0.2) is 57.9 Å². The van der Waals surface area contributed by atoms with Crippen molar-refractivity contribution < 1.29 is 18.3 Å². The summed E-state index contributed by atoms with van der Waals surface area (Å²) in [5, 5.41) is 15.9. The Bertz CT molecular complexity index is 602. The summed E-state index contributed by atoms with van der Waals surface area (Å²) in [5.74, 6) is -1.15. The van der Waals surface area contributed by atoms with Crippen LogP contribution in [0.1, 0.15) is 29.4 Å². The van der Waals surface area contributed by atoms with E-state index in [2.05, 4.69) is 15.0 Å². The fraction of sp³-hybridized carbons (Fsp3) is 0.667. The van der Waals surface area contributed by atoms with Crippen molar-refractivity contribution >= 4 is 16.2 Å². The summed E-state index contributed by atoms with van der Waals surface area (Å²) in [4.78, 5) is 10.7. The first-order valence-electron chi connectivity index (χ1n) is 5.88. The van der Waals surface area contributed by atoms with Gasteiger partial charge in [0, 0.05) is 19.1 Å². The van der Waals surface area contributed by atoms with E-state index in [1.807, 2.05) is 0 Å². The Hall–Kier alpha value is -1.52. The molecule has 2 fully saturated rings. The molecule has 3 rings (SSSR count). The van der Waals surface area contributed by atoms with Crippen LogP contribution in [0.15, 0.2) is 6.20 Å². The average molecular weight is 287 g/mol. The third kappa shape index (κ3) is 2.46. The first kappa shape index (κ1) is 12.5. The number of rotatable bonds is 5. The Balaban J connectivity index is 1.60. The highest BCUT2D eigenvalue weighted by atomic mass is 32.2. The lowest BCUT2D eigenvalue weighted by Gasteiger charge is -2.37. The van der Waals surface area contributed by atoms with Gasteiger partial charge in [0.25, 0.3) is 10.2 Å². The summed E-state index contributed by atoms with van der Waals surface area (Å²) in [7, 11) is -3.41. The van der Waals surface area contributed by atoms with Crippen LogP contribution in [0.4, 0.5) is 0 Å². The van der Waals surface area contributed by atoms with E-state index in [0.29, 0.717) is 0 Å². The molecular formula is C9H13N5O4S. The monoisotopic (exact) mass is 287 g/mol. The summed E-state index contributed by atoms with van der Waals surface area (Å²) >= 11 is 0. The number of carboxylic acid groups (broad SMARTS) is 1. The average Bonchev–Trinajstić information content (AvgIpc) is 2.91. The minimum absolute atomic E-state index is 0.0778. The Morgan fingerprint density at radius 2 is 2.11 bits per heavy atom. The molecule has 0 spiro atoms. The molecule has 2 aliphatic rings. The summed E-state index contributed by atoms with van der Waals surface area (Å²) in [5.41, 5.74) is -0.141. The molecular weight excluding hydrogens is 274 g/mol. The number of carbonyl (C=O) groups is 1. The number of nitrogens with one attached hydrogen (secondary N) is 1. The van der Waals surface area contributed by atoms with Gasteiger partial charge in [-0.1, -0.05) is 5.21 Å². The maximum atomic E-state index is 11.8. The highest BCUT2D eigenvalue weighted by Gasteiger charge is 2.40. The minimum Gasteiger partial charge on any atom is -0.476 e. The molecule has 0 unspecified atom stereocenters. The second-order valence-electron chi connectivity index (χ2n) is 4.76. The number of hydrogen-bond acceptors (Lipinski definition) is 5. The van der Waals surface area contributed by atoms with Crippen LogP contribution < -0.4 is 4.72 Å². The second kappa shape index (κ2) is 4.25. The van der Waals surface area contributed by atoms with Crippen LogP contribution in [0.3, 0.4) is 0 Å². The van der Waals surface area contributed by atoms with Gasteiger partial charge in [-0.15, -0.1) is 5.10 Å². The maximum Gasteiger partial charge on any atom is 0.358 e. The Morgan fingerprint density at radius 3 is 2.63 bits per heavy atom. The van der Waals surface area contributed by atoms with E-state index in [1.54, 1.807) is 0 Å². The van der Waals surface area contributed by atoms with E-state index < -0.39 is 16.2 Å². The molecule has 1 aromatic heterocycles. The molecule has 2 heterocycles. The van der Waals surface area contributed by atoms with Crippen molar-refractivity contribution in [2.75, 3.05) is 13.1 Å². The molecule has 1 aliphatic heterocycles. The number of carboxylic acids is 1. The lowest BCUT2D eigenvalue weighted by Crippen LogP contribution is -2.54. The second-order valence-corrected chi connectivity index (χ2v) is 6.46. The molecule has 1 saturated carbocycles. The third-order valence-electron chi connectivity index (χ3n) is 3.17. The van der Waals surface area contributed by atoms with Gasteiger partial charge in [0.2, 0.25) is 0 Å². The van der Waals surface area contributed by atoms with Crippen LogP contribution in [0.5, 0.6) is 0 Å². The van der Waals surface area contributed by atoms with Crippen LogP contribution in [-0.2, 0) is 10.2 Å². The predicted octanol–water partition coefficient (Wildman–Crippen LogP) is -1.17. The highest BCUT2D eigenvalue weighted by Crippen LogP contribution is 2.26. The lowest BCUT2D eigenvalue weighted by atomic mass is 10.2. The molecule has 1 saturated heterocycles. The van der Waals surface area contributed by atoms with Gasteiger partial charge < -0.3 is 5.11 Å². The Kier molecular flexibility index (Phi) is 2.80. The van der Waals surface area contributed by atoms with Crippen LogP contribution >= 0.6 is 0 Å². The third-order valence-corrected chi connectivity index (χ3v) is 4.77. The summed E-state index contributed by atoms with van der Waals surface area (Å²) in [6.07, 6.45) is 3.09.